The zero-order chi connectivity index (χ0) is 15.2. The van der Waals surface area contributed by atoms with Crippen molar-refractivity contribution in [3.63, 3.8) is 0 Å². The number of hydrogen-bond donors (Lipinski definition) is 2. The molecule has 1 heterocycles. The zero-order valence-electron chi connectivity index (χ0n) is 12.7. The normalized spacial score (nSPS) is 20.9. The SMILES string of the molecule is CN1CCOC(CN(C)Cc2cccc(C(N)=NO)c2)C1. The van der Waals surface area contributed by atoms with Crippen LogP contribution >= 0.6 is 0 Å². The van der Waals surface area contributed by atoms with Gasteiger partial charge in [-0.25, -0.2) is 0 Å². The topological polar surface area (TPSA) is 74.3 Å². The van der Waals surface area contributed by atoms with Gasteiger partial charge >= 0.3 is 0 Å². The Labute approximate surface area is 125 Å². The monoisotopic (exact) mass is 292 g/mol. The Bertz CT molecular complexity index is 492. The molecule has 0 amide bonds. The van der Waals surface area contributed by atoms with Crippen molar-refractivity contribution >= 4 is 5.84 Å². The molecule has 0 saturated carbocycles. The minimum atomic E-state index is 0.136. The third-order valence-corrected chi connectivity index (χ3v) is 3.64. The van der Waals surface area contributed by atoms with E-state index in [9.17, 15) is 0 Å². The maximum absolute atomic E-state index is 8.73. The number of likely N-dealkylation sites (N-methyl/N-ethyl adjacent to an activating group) is 2. The Balaban J connectivity index is 1.91. The number of benzene rings is 1. The van der Waals surface area contributed by atoms with Crippen LogP contribution in [0, 0.1) is 0 Å². The Morgan fingerprint density at radius 3 is 3.10 bits per heavy atom. The van der Waals surface area contributed by atoms with Crippen LogP contribution in [0.15, 0.2) is 29.4 Å². The van der Waals surface area contributed by atoms with Gasteiger partial charge in [0.15, 0.2) is 5.84 Å². The third kappa shape index (κ3) is 4.70. The second-order valence-electron chi connectivity index (χ2n) is 5.64. The van der Waals surface area contributed by atoms with Gasteiger partial charge in [0.2, 0.25) is 0 Å². The van der Waals surface area contributed by atoms with Crippen LogP contribution in [0.25, 0.3) is 0 Å². The summed E-state index contributed by atoms with van der Waals surface area (Å²) < 4.78 is 5.78. The highest BCUT2D eigenvalue weighted by Gasteiger charge is 2.19. The molecule has 0 bridgehead atoms. The van der Waals surface area contributed by atoms with Gasteiger partial charge in [0, 0.05) is 31.7 Å². The minimum Gasteiger partial charge on any atom is -0.409 e. The lowest BCUT2D eigenvalue weighted by molar-refractivity contribution is -0.0333. The van der Waals surface area contributed by atoms with Crippen molar-refractivity contribution < 1.29 is 9.94 Å². The third-order valence-electron chi connectivity index (χ3n) is 3.64. The molecule has 1 saturated heterocycles. The number of hydrogen-bond acceptors (Lipinski definition) is 5. The number of amidine groups is 1. The second-order valence-corrected chi connectivity index (χ2v) is 5.64. The van der Waals surface area contributed by atoms with Crippen LogP contribution < -0.4 is 5.73 Å². The number of oxime groups is 1. The van der Waals surface area contributed by atoms with E-state index in [0.717, 1.165) is 43.9 Å². The van der Waals surface area contributed by atoms with Gasteiger partial charge in [0.1, 0.15) is 0 Å². The largest absolute Gasteiger partial charge is 0.409 e. The van der Waals surface area contributed by atoms with Gasteiger partial charge in [-0.05, 0) is 25.7 Å². The van der Waals surface area contributed by atoms with Crippen LogP contribution in [0.3, 0.4) is 0 Å². The first-order chi connectivity index (χ1) is 10.1. The summed E-state index contributed by atoms with van der Waals surface area (Å²) in [6, 6.07) is 7.73. The summed E-state index contributed by atoms with van der Waals surface area (Å²) in [4.78, 5) is 4.52. The molecule has 1 aromatic rings. The quantitative estimate of drug-likeness (QED) is 0.359. The summed E-state index contributed by atoms with van der Waals surface area (Å²) in [5.74, 6) is 0.136. The number of ether oxygens (including phenoxy) is 1. The van der Waals surface area contributed by atoms with Gasteiger partial charge in [-0.1, -0.05) is 23.4 Å². The van der Waals surface area contributed by atoms with E-state index in [1.54, 1.807) is 0 Å². The first-order valence-electron chi connectivity index (χ1n) is 7.14. The Kier molecular flexibility index (Phi) is 5.55. The molecule has 3 N–H and O–H groups in total. The molecule has 1 aliphatic rings. The molecule has 1 atom stereocenters. The molecule has 0 spiro atoms. The lowest BCUT2D eigenvalue weighted by atomic mass is 10.1. The summed E-state index contributed by atoms with van der Waals surface area (Å²) in [5.41, 5.74) is 7.48. The fraction of sp³-hybridized carbons (Fsp3) is 0.533. The number of morpholine rings is 1. The molecule has 0 radical (unpaired) electrons. The first kappa shape index (κ1) is 15.8. The van der Waals surface area contributed by atoms with Gasteiger partial charge in [-0.15, -0.1) is 0 Å². The Morgan fingerprint density at radius 1 is 1.57 bits per heavy atom. The number of nitrogens with zero attached hydrogens (tertiary/aromatic N) is 3. The maximum atomic E-state index is 8.73. The molecular weight excluding hydrogens is 268 g/mol. The average Bonchev–Trinajstić information content (AvgIpc) is 2.46. The van der Waals surface area contributed by atoms with Crippen molar-refractivity contribution in [3.8, 4) is 0 Å². The van der Waals surface area contributed by atoms with E-state index in [-0.39, 0.29) is 11.9 Å². The van der Waals surface area contributed by atoms with E-state index < -0.39 is 0 Å². The highest BCUT2D eigenvalue weighted by atomic mass is 16.5. The molecule has 1 unspecified atom stereocenters. The summed E-state index contributed by atoms with van der Waals surface area (Å²) in [6.07, 6.45) is 0.251. The van der Waals surface area contributed by atoms with Gasteiger partial charge < -0.3 is 20.6 Å². The summed E-state index contributed by atoms with van der Waals surface area (Å²) >= 11 is 0. The van der Waals surface area contributed by atoms with Crippen molar-refractivity contribution in [2.45, 2.75) is 12.6 Å². The highest BCUT2D eigenvalue weighted by Crippen LogP contribution is 2.10. The van der Waals surface area contributed by atoms with Gasteiger partial charge in [0.25, 0.3) is 0 Å². The Morgan fingerprint density at radius 2 is 2.38 bits per heavy atom. The van der Waals surface area contributed by atoms with E-state index in [0.29, 0.717) is 0 Å². The van der Waals surface area contributed by atoms with E-state index >= 15 is 0 Å². The van der Waals surface area contributed by atoms with E-state index in [4.69, 9.17) is 15.7 Å². The molecule has 116 valence electrons. The second kappa shape index (κ2) is 7.40. The van der Waals surface area contributed by atoms with Gasteiger partial charge in [-0.2, -0.15) is 0 Å². The Hall–Kier alpha value is -1.63. The molecule has 0 aromatic heterocycles. The molecule has 1 fully saturated rings. The predicted molar refractivity (Wildman–Crippen MR) is 82.5 cm³/mol. The zero-order valence-corrected chi connectivity index (χ0v) is 12.7. The van der Waals surface area contributed by atoms with Crippen LogP contribution in [-0.2, 0) is 11.3 Å². The summed E-state index contributed by atoms with van der Waals surface area (Å²) in [5, 5.41) is 11.8. The van der Waals surface area contributed by atoms with E-state index in [2.05, 4.69) is 29.1 Å². The fourth-order valence-electron chi connectivity index (χ4n) is 2.59. The first-order valence-corrected chi connectivity index (χ1v) is 7.14. The average molecular weight is 292 g/mol. The van der Waals surface area contributed by atoms with E-state index in [1.807, 2.05) is 24.3 Å². The minimum absolute atomic E-state index is 0.136. The highest BCUT2D eigenvalue weighted by molar-refractivity contribution is 5.97. The number of rotatable bonds is 5. The molecule has 6 nitrogen and oxygen atoms in total. The smallest absolute Gasteiger partial charge is 0.170 e. The van der Waals surface area contributed by atoms with Crippen molar-refractivity contribution in [3.05, 3.63) is 35.4 Å². The molecule has 1 aliphatic heterocycles. The molecule has 2 rings (SSSR count). The lowest BCUT2D eigenvalue weighted by Gasteiger charge is -2.32. The van der Waals surface area contributed by atoms with Gasteiger partial charge in [0.05, 0.1) is 12.7 Å². The van der Waals surface area contributed by atoms with Crippen LogP contribution in [0.2, 0.25) is 0 Å². The van der Waals surface area contributed by atoms with Crippen molar-refractivity contribution in [1.82, 2.24) is 9.80 Å². The van der Waals surface area contributed by atoms with E-state index in [1.165, 1.54) is 0 Å². The molecular formula is C15H24N4O2. The van der Waals surface area contributed by atoms with Crippen LogP contribution in [0.4, 0.5) is 0 Å². The van der Waals surface area contributed by atoms with Crippen molar-refractivity contribution in [1.29, 1.82) is 0 Å². The van der Waals surface area contributed by atoms with Gasteiger partial charge in [-0.3, -0.25) is 4.90 Å². The summed E-state index contributed by atoms with van der Waals surface area (Å²) in [7, 11) is 4.20. The summed E-state index contributed by atoms with van der Waals surface area (Å²) in [6.45, 7) is 4.46. The molecule has 6 heteroatoms. The lowest BCUT2D eigenvalue weighted by Crippen LogP contribution is -2.45. The van der Waals surface area contributed by atoms with Crippen LogP contribution in [-0.4, -0.2) is 67.3 Å². The molecule has 21 heavy (non-hydrogen) atoms. The molecule has 1 aromatic carbocycles. The van der Waals surface area contributed by atoms with Crippen molar-refractivity contribution in [2.24, 2.45) is 10.9 Å². The number of nitrogens with two attached hydrogens (primary N) is 1. The van der Waals surface area contributed by atoms with Crippen LogP contribution in [0.5, 0.6) is 0 Å². The standard InChI is InChI=1S/C15H24N4O2/c1-18-6-7-21-14(10-18)11-19(2)9-12-4-3-5-13(8-12)15(16)17-20/h3-5,8,14,20H,6-7,9-11H2,1-2H3,(H2,16,17). The maximum Gasteiger partial charge on any atom is 0.170 e. The van der Waals surface area contributed by atoms with Crippen LogP contribution in [0.1, 0.15) is 11.1 Å². The fourth-order valence-corrected chi connectivity index (χ4v) is 2.59. The van der Waals surface area contributed by atoms with Crippen molar-refractivity contribution in [2.75, 3.05) is 40.3 Å². The molecule has 0 aliphatic carbocycles. The predicted octanol–water partition coefficient (Wildman–Crippen LogP) is 0.544.